The highest BCUT2D eigenvalue weighted by atomic mass is 32.2. The molecule has 1 aliphatic rings. The Kier molecular flexibility index (Phi) is 6.34. The number of ether oxygens (including phenoxy) is 1. The van der Waals surface area contributed by atoms with E-state index in [1.54, 1.807) is 12.1 Å². The maximum atomic E-state index is 11.5. The lowest BCUT2D eigenvalue weighted by atomic mass is 9.73. The second kappa shape index (κ2) is 8.71. The second-order valence-electron chi connectivity index (χ2n) is 6.89. The van der Waals surface area contributed by atoms with Gasteiger partial charge in [-0.3, -0.25) is 4.79 Å². The summed E-state index contributed by atoms with van der Waals surface area (Å²) in [5, 5.41) is 0. The Labute approximate surface area is 165 Å². The summed E-state index contributed by atoms with van der Waals surface area (Å²) in [4.78, 5) is 12.9. The van der Waals surface area contributed by atoms with Crippen LogP contribution in [0.1, 0.15) is 69.8 Å². The highest BCUT2D eigenvalue weighted by Gasteiger charge is 2.33. The number of thioether (sulfide) groups is 1. The maximum absolute atomic E-state index is 11.5. The van der Waals surface area contributed by atoms with Crippen LogP contribution in [0.15, 0.2) is 39.6 Å². The van der Waals surface area contributed by atoms with Crippen molar-refractivity contribution >= 4 is 17.7 Å². The van der Waals surface area contributed by atoms with Crippen molar-refractivity contribution in [3.63, 3.8) is 0 Å². The van der Waals surface area contributed by atoms with Crippen molar-refractivity contribution < 1.29 is 13.9 Å². The molecule has 3 rings (SSSR count). The fourth-order valence-corrected chi connectivity index (χ4v) is 4.87. The van der Waals surface area contributed by atoms with Crippen LogP contribution in [0.25, 0.3) is 0 Å². The molecule has 1 aliphatic heterocycles. The quantitative estimate of drug-likeness (QED) is 0.474. The Morgan fingerprint density at radius 1 is 1.19 bits per heavy atom. The van der Waals surface area contributed by atoms with Crippen LogP contribution in [-0.4, -0.2) is 11.7 Å². The van der Waals surface area contributed by atoms with E-state index < -0.39 is 0 Å². The highest BCUT2D eigenvalue weighted by molar-refractivity contribution is 7.99. The van der Waals surface area contributed by atoms with Crippen molar-refractivity contribution in [2.24, 2.45) is 0 Å². The van der Waals surface area contributed by atoms with Gasteiger partial charge in [-0.05, 0) is 72.6 Å². The number of furan rings is 1. The molecule has 0 aliphatic carbocycles. The molecule has 4 heteroatoms. The van der Waals surface area contributed by atoms with E-state index in [1.807, 2.05) is 18.7 Å². The van der Waals surface area contributed by atoms with Gasteiger partial charge >= 0.3 is 5.97 Å². The molecule has 0 saturated heterocycles. The monoisotopic (exact) mass is 382 g/mol. The zero-order valence-corrected chi connectivity index (χ0v) is 17.1. The molecule has 142 valence electrons. The average molecular weight is 383 g/mol. The second-order valence-corrected chi connectivity index (χ2v) is 8.03. The third-order valence-electron chi connectivity index (χ3n) is 5.32. The zero-order valence-electron chi connectivity index (χ0n) is 16.3. The zero-order chi connectivity index (χ0) is 19.3. The van der Waals surface area contributed by atoms with Crippen molar-refractivity contribution in [2.75, 3.05) is 5.75 Å². The largest absolute Gasteiger partial charge is 0.417 e. The Morgan fingerprint density at radius 3 is 2.74 bits per heavy atom. The molecular formula is C23H26O3S. The minimum absolute atomic E-state index is 0.204. The van der Waals surface area contributed by atoms with Crippen molar-refractivity contribution in [1.29, 1.82) is 0 Å². The molecule has 2 heterocycles. The molecule has 1 aromatic heterocycles. The standard InChI is InChI=1S/C23H26O3S/c1-4-7-21(24)26-22-13-11-18(25-22)10-8-17-9-12-20-19(16-17)23(5-2,6-3)14-15-27-20/h9,11-13,16H,4-7,14-15H2,1-3H3. The Balaban J connectivity index is 1.80. The molecule has 3 nitrogen and oxygen atoms in total. The van der Waals surface area contributed by atoms with E-state index in [0.29, 0.717) is 12.2 Å². The number of fused-ring (bicyclic) bond motifs is 1. The molecule has 0 atom stereocenters. The Morgan fingerprint density at radius 2 is 2.00 bits per heavy atom. The summed E-state index contributed by atoms with van der Waals surface area (Å²) in [5.74, 6) is 7.84. The third kappa shape index (κ3) is 4.42. The number of carbonyl (C=O) groups is 1. The van der Waals surface area contributed by atoms with Gasteiger partial charge in [0.05, 0.1) is 0 Å². The van der Waals surface area contributed by atoms with Crippen LogP contribution in [-0.2, 0) is 10.2 Å². The highest BCUT2D eigenvalue weighted by Crippen LogP contribution is 2.46. The number of hydrogen-bond donors (Lipinski definition) is 0. The van der Waals surface area contributed by atoms with Crippen molar-refractivity contribution in [1.82, 2.24) is 0 Å². The van der Waals surface area contributed by atoms with E-state index in [0.717, 1.165) is 24.8 Å². The van der Waals surface area contributed by atoms with Crippen LogP contribution >= 0.6 is 11.8 Å². The minimum Gasteiger partial charge on any atom is -0.417 e. The third-order valence-corrected chi connectivity index (χ3v) is 6.40. The van der Waals surface area contributed by atoms with Crippen LogP contribution in [0.3, 0.4) is 0 Å². The molecule has 0 unspecified atom stereocenters. The van der Waals surface area contributed by atoms with Gasteiger partial charge in [-0.25, -0.2) is 0 Å². The molecule has 0 bridgehead atoms. The summed E-state index contributed by atoms with van der Waals surface area (Å²) in [6.45, 7) is 6.50. The van der Waals surface area contributed by atoms with E-state index >= 15 is 0 Å². The first-order chi connectivity index (χ1) is 13.1. The number of rotatable bonds is 5. The SMILES string of the molecule is CCCC(=O)Oc1ccc(C#Cc2ccc3c(c2)C(CC)(CC)CCS3)o1. The molecule has 2 aromatic rings. The van der Waals surface area contributed by atoms with E-state index in [-0.39, 0.29) is 17.3 Å². The molecular weight excluding hydrogens is 356 g/mol. The average Bonchev–Trinajstić information content (AvgIpc) is 3.13. The lowest BCUT2D eigenvalue weighted by Gasteiger charge is -2.37. The normalized spacial score (nSPS) is 14.8. The van der Waals surface area contributed by atoms with Gasteiger partial charge in [0, 0.05) is 22.9 Å². The molecule has 0 N–H and O–H groups in total. The van der Waals surface area contributed by atoms with Gasteiger partial charge in [0.25, 0.3) is 5.95 Å². The first kappa shape index (κ1) is 19.6. The predicted molar refractivity (Wildman–Crippen MR) is 109 cm³/mol. The van der Waals surface area contributed by atoms with Gasteiger partial charge in [0.15, 0.2) is 5.76 Å². The fraction of sp³-hybridized carbons (Fsp3) is 0.435. The van der Waals surface area contributed by atoms with Gasteiger partial charge in [0.2, 0.25) is 0 Å². The molecule has 0 saturated carbocycles. The summed E-state index contributed by atoms with van der Waals surface area (Å²) in [7, 11) is 0. The fourth-order valence-electron chi connectivity index (χ4n) is 3.57. The van der Waals surface area contributed by atoms with Gasteiger partial charge in [-0.2, -0.15) is 0 Å². The molecule has 0 fully saturated rings. The number of benzene rings is 1. The van der Waals surface area contributed by atoms with Gasteiger partial charge in [-0.1, -0.05) is 26.7 Å². The molecule has 0 amide bonds. The summed E-state index contributed by atoms with van der Waals surface area (Å²) < 4.78 is 10.6. The predicted octanol–water partition coefficient (Wildman–Crippen LogP) is 5.94. The van der Waals surface area contributed by atoms with Crippen molar-refractivity contribution in [3.05, 3.63) is 47.2 Å². The summed E-state index contributed by atoms with van der Waals surface area (Å²) in [5.41, 5.74) is 2.69. The molecule has 27 heavy (non-hydrogen) atoms. The van der Waals surface area contributed by atoms with Crippen molar-refractivity contribution in [2.45, 2.75) is 63.2 Å². The first-order valence-corrected chi connectivity index (χ1v) is 10.7. The molecule has 0 radical (unpaired) electrons. The Bertz CT molecular complexity index is 865. The number of esters is 1. The van der Waals surface area contributed by atoms with Crippen LogP contribution in [0.4, 0.5) is 0 Å². The van der Waals surface area contributed by atoms with Crippen LogP contribution < -0.4 is 4.74 Å². The maximum Gasteiger partial charge on any atom is 0.313 e. The topological polar surface area (TPSA) is 39.4 Å². The van der Waals surface area contributed by atoms with E-state index in [4.69, 9.17) is 9.15 Å². The van der Waals surface area contributed by atoms with Crippen LogP contribution in [0.5, 0.6) is 5.95 Å². The van der Waals surface area contributed by atoms with Gasteiger partial charge in [0.1, 0.15) is 0 Å². The van der Waals surface area contributed by atoms with E-state index in [9.17, 15) is 4.79 Å². The van der Waals surface area contributed by atoms with Crippen LogP contribution in [0, 0.1) is 11.8 Å². The molecule has 0 spiro atoms. The lowest BCUT2D eigenvalue weighted by molar-refractivity contribution is -0.135. The van der Waals surface area contributed by atoms with E-state index in [2.05, 4.69) is 43.9 Å². The summed E-state index contributed by atoms with van der Waals surface area (Å²) in [6.07, 6.45) is 4.65. The van der Waals surface area contributed by atoms with Crippen LogP contribution in [0.2, 0.25) is 0 Å². The van der Waals surface area contributed by atoms with E-state index in [1.165, 1.54) is 22.6 Å². The van der Waals surface area contributed by atoms with Crippen molar-refractivity contribution in [3.8, 4) is 17.8 Å². The number of carbonyl (C=O) groups excluding carboxylic acids is 1. The number of hydrogen-bond acceptors (Lipinski definition) is 4. The summed E-state index contributed by atoms with van der Waals surface area (Å²) >= 11 is 1.94. The lowest BCUT2D eigenvalue weighted by Crippen LogP contribution is -2.28. The summed E-state index contributed by atoms with van der Waals surface area (Å²) in [6, 6.07) is 9.89. The Hall–Kier alpha value is -2.12. The first-order valence-electron chi connectivity index (χ1n) is 9.70. The van der Waals surface area contributed by atoms with Gasteiger partial charge in [-0.15, -0.1) is 11.8 Å². The minimum atomic E-state index is -0.283. The smallest absolute Gasteiger partial charge is 0.313 e. The van der Waals surface area contributed by atoms with Gasteiger partial charge < -0.3 is 9.15 Å². The molecule has 1 aromatic carbocycles.